The van der Waals surface area contributed by atoms with Crippen molar-refractivity contribution in [2.45, 2.75) is 37.0 Å². The number of rotatable bonds is 3. The maximum absolute atomic E-state index is 11.6. The number of hydrogen-bond donors (Lipinski definition) is 1. The standard InChI is InChI=1S/C13H18INO2S/c1-18(16,17)11-6-4-5-10(9-11)15-13-8-3-2-7-12(13)14/h2-3,7-8,10-11,15H,4-6,9H2,1H3. The van der Waals surface area contributed by atoms with Crippen molar-refractivity contribution in [1.82, 2.24) is 0 Å². The second kappa shape index (κ2) is 5.77. The van der Waals surface area contributed by atoms with Crippen LogP contribution in [0.5, 0.6) is 0 Å². The largest absolute Gasteiger partial charge is 0.381 e. The minimum absolute atomic E-state index is 0.176. The molecule has 5 heteroatoms. The highest BCUT2D eigenvalue weighted by molar-refractivity contribution is 14.1. The van der Waals surface area contributed by atoms with Crippen LogP contribution in [0.15, 0.2) is 24.3 Å². The van der Waals surface area contributed by atoms with E-state index in [-0.39, 0.29) is 11.3 Å². The number of benzene rings is 1. The predicted octanol–water partition coefficient (Wildman–Crippen LogP) is 3.06. The van der Waals surface area contributed by atoms with Gasteiger partial charge in [-0.1, -0.05) is 18.6 Å². The van der Waals surface area contributed by atoms with Crippen LogP contribution in [-0.2, 0) is 9.84 Å². The molecule has 0 bridgehead atoms. The second-order valence-electron chi connectivity index (χ2n) is 4.94. The van der Waals surface area contributed by atoms with E-state index in [4.69, 9.17) is 0 Å². The van der Waals surface area contributed by atoms with Crippen LogP contribution in [0.25, 0.3) is 0 Å². The smallest absolute Gasteiger partial charge is 0.150 e. The fourth-order valence-corrected chi connectivity index (χ4v) is 4.18. The molecule has 0 saturated heterocycles. The molecule has 2 rings (SSSR count). The van der Waals surface area contributed by atoms with Gasteiger partial charge in [-0.2, -0.15) is 0 Å². The molecule has 0 amide bonds. The van der Waals surface area contributed by atoms with Gasteiger partial charge in [0.25, 0.3) is 0 Å². The molecule has 1 aromatic rings. The SMILES string of the molecule is CS(=O)(=O)C1CCCC(Nc2ccccc2I)C1. The van der Waals surface area contributed by atoms with Crippen molar-refractivity contribution in [2.24, 2.45) is 0 Å². The van der Waals surface area contributed by atoms with Gasteiger partial charge in [0.2, 0.25) is 0 Å². The number of anilines is 1. The molecule has 3 nitrogen and oxygen atoms in total. The predicted molar refractivity (Wildman–Crippen MR) is 83.7 cm³/mol. The third kappa shape index (κ3) is 3.60. The maximum Gasteiger partial charge on any atom is 0.150 e. The number of sulfone groups is 1. The quantitative estimate of drug-likeness (QED) is 0.822. The molecule has 1 aromatic carbocycles. The number of para-hydroxylation sites is 1. The fourth-order valence-electron chi connectivity index (χ4n) is 2.46. The summed E-state index contributed by atoms with van der Waals surface area (Å²) in [4.78, 5) is 0. The number of halogens is 1. The maximum atomic E-state index is 11.6. The van der Waals surface area contributed by atoms with Gasteiger partial charge in [-0.25, -0.2) is 8.42 Å². The lowest BCUT2D eigenvalue weighted by Crippen LogP contribution is -2.34. The molecule has 0 spiro atoms. The molecule has 0 radical (unpaired) electrons. The Labute approximate surface area is 122 Å². The minimum atomic E-state index is -2.90. The zero-order valence-corrected chi connectivity index (χ0v) is 13.4. The molecule has 1 fully saturated rings. The molecule has 0 aromatic heterocycles. The van der Waals surface area contributed by atoms with E-state index < -0.39 is 9.84 Å². The summed E-state index contributed by atoms with van der Waals surface area (Å²) < 4.78 is 24.4. The third-order valence-corrected chi connectivity index (χ3v) is 6.04. The van der Waals surface area contributed by atoms with Crippen LogP contribution in [0.4, 0.5) is 5.69 Å². The van der Waals surface area contributed by atoms with E-state index in [0.717, 1.165) is 31.4 Å². The van der Waals surface area contributed by atoms with E-state index in [1.54, 1.807) is 0 Å². The Hall–Kier alpha value is -0.300. The molecule has 2 unspecified atom stereocenters. The molecule has 0 aliphatic heterocycles. The molecule has 100 valence electrons. The summed E-state index contributed by atoms with van der Waals surface area (Å²) in [5.41, 5.74) is 1.11. The lowest BCUT2D eigenvalue weighted by molar-refractivity contribution is 0.453. The molecule has 0 heterocycles. The first-order valence-corrected chi connectivity index (χ1v) is 9.20. The van der Waals surface area contributed by atoms with Crippen LogP contribution < -0.4 is 5.32 Å². The monoisotopic (exact) mass is 379 g/mol. The average Bonchev–Trinajstić information content (AvgIpc) is 2.31. The minimum Gasteiger partial charge on any atom is -0.381 e. The third-order valence-electron chi connectivity index (χ3n) is 3.47. The summed E-state index contributed by atoms with van der Waals surface area (Å²) in [6, 6.07) is 8.38. The summed E-state index contributed by atoms with van der Waals surface area (Å²) >= 11 is 2.30. The van der Waals surface area contributed by atoms with Crippen LogP contribution in [0, 0.1) is 3.57 Å². The molecule has 1 saturated carbocycles. The normalized spacial score (nSPS) is 24.8. The summed E-state index contributed by atoms with van der Waals surface area (Å²) in [6.45, 7) is 0. The van der Waals surface area contributed by atoms with Crippen molar-refractivity contribution < 1.29 is 8.42 Å². The first-order valence-electron chi connectivity index (χ1n) is 6.17. The molecule has 1 aliphatic carbocycles. The number of nitrogens with one attached hydrogen (secondary N) is 1. The lowest BCUT2D eigenvalue weighted by atomic mass is 9.95. The van der Waals surface area contributed by atoms with Gasteiger partial charge in [-0.05, 0) is 54.0 Å². The average molecular weight is 379 g/mol. The first kappa shape index (κ1) is 14.1. The Bertz CT molecular complexity index is 515. The lowest BCUT2D eigenvalue weighted by Gasteiger charge is -2.29. The Morgan fingerprint density at radius 1 is 1.28 bits per heavy atom. The summed E-state index contributed by atoms with van der Waals surface area (Å²) in [6.07, 6.45) is 4.93. The highest BCUT2D eigenvalue weighted by atomic mass is 127. The number of hydrogen-bond acceptors (Lipinski definition) is 3. The zero-order valence-electron chi connectivity index (χ0n) is 10.4. The topological polar surface area (TPSA) is 46.2 Å². The van der Waals surface area contributed by atoms with Crippen molar-refractivity contribution in [3.05, 3.63) is 27.8 Å². The van der Waals surface area contributed by atoms with Crippen molar-refractivity contribution in [2.75, 3.05) is 11.6 Å². The fraction of sp³-hybridized carbons (Fsp3) is 0.538. The van der Waals surface area contributed by atoms with E-state index in [1.807, 2.05) is 18.2 Å². The summed E-state index contributed by atoms with van der Waals surface area (Å²) in [7, 11) is -2.90. The summed E-state index contributed by atoms with van der Waals surface area (Å²) in [5, 5.41) is 3.30. The van der Waals surface area contributed by atoms with E-state index in [0.29, 0.717) is 0 Å². The zero-order chi connectivity index (χ0) is 13.2. The molecule has 1 N–H and O–H groups in total. The Morgan fingerprint density at radius 3 is 2.67 bits per heavy atom. The van der Waals surface area contributed by atoms with Gasteiger partial charge in [0, 0.05) is 21.6 Å². The first-order chi connectivity index (χ1) is 8.47. The molecule has 1 aliphatic rings. The van der Waals surface area contributed by atoms with Crippen LogP contribution in [0.3, 0.4) is 0 Å². The van der Waals surface area contributed by atoms with E-state index in [9.17, 15) is 8.42 Å². The highest BCUT2D eigenvalue weighted by Gasteiger charge is 2.28. The van der Waals surface area contributed by atoms with E-state index in [2.05, 4.69) is 34.0 Å². The Kier molecular flexibility index (Phi) is 4.53. The van der Waals surface area contributed by atoms with Crippen molar-refractivity contribution in [3.63, 3.8) is 0 Å². The van der Waals surface area contributed by atoms with Gasteiger partial charge in [-0.3, -0.25) is 0 Å². The van der Waals surface area contributed by atoms with E-state index in [1.165, 1.54) is 9.83 Å². The highest BCUT2D eigenvalue weighted by Crippen LogP contribution is 2.27. The van der Waals surface area contributed by atoms with E-state index >= 15 is 0 Å². The van der Waals surface area contributed by atoms with Crippen LogP contribution in [0.2, 0.25) is 0 Å². The molecule has 2 atom stereocenters. The van der Waals surface area contributed by atoms with Crippen molar-refractivity contribution in [3.8, 4) is 0 Å². The Morgan fingerprint density at radius 2 is 2.00 bits per heavy atom. The molecular formula is C13H18INO2S. The van der Waals surface area contributed by atoms with Gasteiger partial charge in [0.15, 0.2) is 0 Å². The van der Waals surface area contributed by atoms with Gasteiger partial charge in [-0.15, -0.1) is 0 Å². The second-order valence-corrected chi connectivity index (χ2v) is 8.43. The van der Waals surface area contributed by atoms with Gasteiger partial charge in [0.1, 0.15) is 9.84 Å². The van der Waals surface area contributed by atoms with Crippen molar-refractivity contribution in [1.29, 1.82) is 0 Å². The molecular weight excluding hydrogens is 361 g/mol. The van der Waals surface area contributed by atoms with Crippen LogP contribution in [0.1, 0.15) is 25.7 Å². The van der Waals surface area contributed by atoms with Gasteiger partial charge >= 0.3 is 0 Å². The van der Waals surface area contributed by atoms with Crippen molar-refractivity contribution >= 4 is 38.1 Å². The summed E-state index contributed by atoms with van der Waals surface area (Å²) in [5.74, 6) is 0. The Balaban J connectivity index is 2.05. The van der Waals surface area contributed by atoms with Gasteiger partial charge < -0.3 is 5.32 Å². The molecule has 18 heavy (non-hydrogen) atoms. The van der Waals surface area contributed by atoms with Crippen LogP contribution in [-0.4, -0.2) is 26.0 Å². The van der Waals surface area contributed by atoms with Gasteiger partial charge in [0.05, 0.1) is 5.25 Å². The van der Waals surface area contributed by atoms with Crippen LogP contribution >= 0.6 is 22.6 Å².